The first-order valence-electron chi connectivity index (χ1n) is 10.6. The van der Waals surface area contributed by atoms with Gasteiger partial charge in [-0.2, -0.15) is 0 Å². The van der Waals surface area contributed by atoms with E-state index in [4.69, 9.17) is 4.42 Å². The molecule has 3 heterocycles. The summed E-state index contributed by atoms with van der Waals surface area (Å²) in [5.41, 5.74) is 2.54. The van der Waals surface area contributed by atoms with Crippen molar-refractivity contribution in [3.8, 4) is 0 Å². The van der Waals surface area contributed by atoms with Crippen LogP contribution < -0.4 is 4.90 Å². The van der Waals surface area contributed by atoms with Gasteiger partial charge in [0.15, 0.2) is 0 Å². The minimum atomic E-state index is 0.232. The van der Waals surface area contributed by atoms with Crippen molar-refractivity contribution >= 4 is 11.6 Å². The SMILES string of the molecule is Cc1cccc(N2CCN(C(=O)CN3CCCCCC3c3ccco3)CC2)c1. The summed E-state index contributed by atoms with van der Waals surface area (Å²) in [6.45, 7) is 6.99. The van der Waals surface area contributed by atoms with Crippen LogP contribution in [0.4, 0.5) is 5.69 Å². The van der Waals surface area contributed by atoms with Gasteiger partial charge in [0.1, 0.15) is 5.76 Å². The quantitative estimate of drug-likeness (QED) is 0.806. The molecule has 4 rings (SSSR count). The zero-order valence-electron chi connectivity index (χ0n) is 16.8. The van der Waals surface area contributed by atoms with E-state index in [2.05, 4.69) is 41.0 Å². The Morgan fingerprint density at radius 2 is 1.89 bits per heavy atom. The molecule has 0 spiro atoms. The average molecular weight is 382 g/mol. The molecular weight excluding hydrogens is 350 g/mol. The van der Waals surface area contributed by atoms with Gasteiger partial charge in [-0.25, -0.2) is 0 Å². The van der Waals surface area contributed by atoms with E-state index in [9.17, 15) is 4.79 Å². The lowest BCUT2D eigenvalue weighted by Crippen LogP contribution is -2.51. The Balaban J connectivity index is 1.35. The Morgan fingerprint density at radius 3 is 2.64 bits per heavy atom. The lowest BCUT2D eigenvalue weighted by atomic mass is 10.1. The van der Waals surface area contributed by atoms with Crippen molar-refractivity contribution < 1.29 is 9.21 Å². The number of piperazine rings is 1. The van der Waals surface area contributed by atoms with E-state index < -0.39 is 0 Å². The predicted octanol–water partition coefficient (Wildman–Crippen LogP) is 3.85. The van der Waals surface area contributed by atoms with Crippen molar-refractivity contribution in [1.29, 1.82) is 0 Å². The Kier molecular flexibility index (Phi) is 6.01. The molecule has 1 amide bonds. The van der Waals surface area contributed by atoms with Gasteiger partial charge in [0.25, 0.3) is 0 Å². The van der Waals surface area contributed by atoms with Crippen LogP contribution in [0, 0.1) is 6.92 Å². The number of furan rings is 1. The molecule has 0 radical (unpaired) electrons. The Morgan fingerprint density at radius 1 is 1.04 bits per heavy atom. The van der Waals surface area contributed by atoms with Crippen LogP contribution in [0.1, 0.15) is 43.0 Å². The van der Waals surface area contributed by atoms with E-state index in [1.165, 1.54) is 24.1 Å². The first-order valence-corrected chi connectivity index (χ1v) is 10.6. The van der Waals surface area contributed by atoms with E-state index >= 15 is 0 Å². The number of hydrogen-bond donors (Lipinski definition) is 0. The number of likely N-dealkylation sites (tertiary alicyclic amines) is 1. The molecule has 1 aromatic carbocycles. The van der Waals surface area contributed by atoms with Gasteiger partial charge in [-0.15, -0.1) is 0 Å². The molecular formula is C23H31N3O2. The van der Waals surface area contributed by atoms with Crippen molar-refractivity contribution in [2.75, 3.05) is 44.2 Å². The maximum absolute atomic E-state index is 13.0. The monoisotopic (exact) mass is 381 g/mol. The molecule has 0 aliphatic carbocycles. The summed E-state index contributed by atoms with van der Waals surface area (Å²) < 4.78 is 5.69. The number of benzene rings is 1. The predicted molar refractivity (Wildman–Crippen MR) is 111 cm³/mol. The minimum Gasteiger partial charge on any atom is -0.468 e. The maximum Gasteiger partial charge on any atom is 0.236 e. The molecule has 1 unspecified atom stereocenters. The van der Waals surface area contributed by atoms with Gasteiger partial charge in [-0.3, -0.25) is 9.69 Å². The largest absolute Gasteiger partial charge is 0.468 e. The van der Waals surface area contributed by atoms with E-state index in [0.717, 1.165) is 51.3 Å². The molecule has 5 heteroatoms. The molecule has 0 bridgehead atoms. The van der Waals surface area contributed by atoms with Crippen LogP contribution in [-0.2, 0) is 4.79 Å². The second kappa shape index (κ2) is 8.82. The van der Waals surface area contributed by atoms with Gasteiger partial charge in [0.05, 0.1) is 18.8 Å². The van der Waals surface area contributed by atoms with Crippen molar-refractivity contribution in [2.24, 2.45) is 0 Å². The summed E-state index contributed by atoms with van der Waals surface area (Å²) in [5, 5.41) is 0. The highest BCUT2D eigenvalue weighted by Gasteiger charge is 2.29. The fourth-order valence-corrected chi connectivity index (χ4v) is 4.47. The molecule has 1 atom stereocenters. The summed E-state index contributed by atoms with van der Waals surface area (Å²) in [6.07, 6.45) is 6.40. The molecule has 150 valence electrons. The highest BCUT2D eigenvalue weighted by atomic mass is 16.3. The number of carbonyl (C=O) groups excluding carboxylic acids is 1. The van der Waals surface area contributed by atoms with Gasteiger partial charge < -0.3 is 14.2 Å². The third kappa shape index (κ3) is 4.41. The van der Waals surface area contributed by atoms with Gasteiger partial charge >= 0.3 is 0 Å². The van der Waals surface area contributed by atoms with Crippen LogP contribution in [0.3, 0.4) is 0 Å². The van der Waals surface area contributed by atoms with Gasteiger partial charge in [0.2, 0.25) is 5.91 Å². The maximum atomic E-state index is 13.0. The fourth-order valence-electron chi connectivity index (χ4n) is 4.47. The molecule has 5 nitrogen and oxygen atoms in total. The van der Waals surface area contributed by atoms with E-state index in [1.54, 1.807) is 6.26 Å². The fraction of sp³-hybridized carbons (Fsp3) is 0.522. The van der Waals surface area contributed by atoms with Crippen LogP contribution >= 0.6 is 0 Å². The minimum absolute atomic E-state index is 0.232. The molecule has 0 saturated carbocycles. The van der Waals surface area contributed by atoms with E-state index in [0.29, 0.717) is 6.54 Å². The molecule has 0 N–H and O–H groups in total. The van der Waals surface area contributed by atoms with Crippen LogP contribution in [0.15, 0.2) is 47.1 Å². The smallest absolute Gasteiger partial charge is 0.236 e. The second-order valence-electron chi connectivity index (χ2n) is 8.06. The van der Waals surface area contributed by atoms with Crippen molar-refractivity contribution in [1.82, 2.24) is 9.80 Å². The normalized spacial score (nSPS) is 21.5. The molecule has 2 fully saturated rings. The summed E-state index contributed by atoms with van der Waals surface area (Å²) in [5.74, 6) is 1.25. The Labute approximate surface area is 167 Å². The van der Waals surface area contributed by atoms with Crippen LogP contribution in [-0.4, -0.2) is 55.0 Å². The third-order valence-electron chi connectivity index (χ3n) is 6.07. The van der Waals surface area contributed by atoms with E-state index in [1.807, 2.05) is 17.0 Å². The number of hydrogen-bond acceptors (Lipinski definition) is 4. The van der Waals surface area contributed by atoms with Gasteiger partial charge in [-0.05, 0) is 56.1 Å². The molecule has 2 aromatic rings. The molecule has 28 heavy (non-hydrogen) atoms. The highest BCUT2D eigenvalue weighted by molar-refractivity contribution is 5.78. The topological polar surface area (TPSA) is 39.9 Å². The van der Waals surface area contributed by atoms with Crippen molar-refractivity contribution in [3.63, 3.8) is 0 Å². The van der Waals surface area contributed by atoms with Crippen LogP contribution in [0.5, 0.6) is 0 Å². The molecule has 1 aromatic heterocycles. The number of aryl methyl sites for hydroxylation is 1. The highest BCUT2D eigenvalue weighted by Crippen LogP contribution is 2.30. The first kappa shape index (κ1) is 19.1. The molecule has 2 saturated heterocycles. The van der Waals surface area contributed by atoms with Crippen LogP contribution in [0.25, 0.3) is 0 Å². The molecule has 2 aliphatic rings. The number of rotatable bonds is 4. The number of carbonyl (C=O) groups is 1. The summed E-state index contributed by atoms with van der Waals surface area (Å²) in [6, 6.07) is 12.8. The standard InChI is InChI=1S/C23H31N3O2/c1-19-7-5-8-20(17-19)24-12-14-25(15-13-24)23(27)18-26-11-4-2-3-9-21(26)22-10-6-16-28-22/h5-8,10,16-17,21H,2-4,9,11-15,18H2,1H3. The number of nitrogens with zero attached hydrogens (tertiary/aromatic N) is 3. The lowest BCUT2D eigenvalue weighted by molar-refractivity contribution is -0.133. The zero-order valence-corrected chi connectivity index (χ0v) is 16.8. The van der Waals surface area contributed by atoms with Gasteiger partial charge in [-0.1, -0.05) is 25.0 Å². The zero-order chi connectivity index (χ0) is 19.3. The second-order valence-corrected chi connectivity index (χ2v) is 8.06. The third-order valence-corrected chi connectivity index (χ3v) is 6.07. The van der Waals surface area contributed by atoms with Gasteiger partial charge in [0, 0.05) is 31.9 Å². The average Bonchev–Trinajstić information content (AvgIpc) is 3.15. The summed E-state index contributed by atoms with van der Waals surface area (Å²) in [4.78, 5) is 19.8. The summed E-state index contributed by atoms with van der Waals surface area (Å²) in [7, 11) is 0. The lowest BCUT2D eigenvalue weighted by Gasteiger charge is -2.37. The van der Waals surface area contributed by atoms with E-state index in [-0.39, 0.29) is 11.9 Å². The Bertz CT molecular complexity index is 766. The summed E-state index contributed by atoms with van der Waals surface area (Å²) >= 11 is 0. The Hall–Kier alpha value is -2.27. The number of anilines is 1. The van der Waals surface area contributed by atoms with Crippen LogP contribution in [0.2, 0.25) is 0 Å². The van der Waals surface area contributed by atoms with Crippen molar-refractivity contribution in [2.45, 2.75) is 38.6 Å². The number of amides is 1. The molecule has 2 aliphatic heterocycles. The van der Waals surface area contributed by atoms with Crippen molar-refractivity contribution in [3.05, 3.63) is 54.0 Å². The first-order chi connectivity index (χ1) is 13.7.